The molecule has 0 spiro atoms. The first-order chi connectivity index (χ1) is 12.1. The molecule has 1 N–H and O–H groups in total. The highest BCUT2D eigenvalue weighted by atomic mass is 32.1. The van der Waals surface area contributed by atoms with Crippen LogP contribution in [0.2, 0.25) is 0 Å². The van der Waals surface area contributed by atoms with Crippen LogP contribution in [0.4, 0.5) is 0 Å². The molecule has 0 saturated carbocycles. The zero-order valence-electron chi connectivity index (χ0n) is 14.4. The lowest BCUT2D eigenvalue weighted by Crippen LogP contribution is -2.24. The Kier molecular flexibility index (Phi) is 5.38. The maximum Gasteiger partial charge on any atom is 0.224 e. The highest BCUT2D eigenvalue weighted by Gasteiger charge is 2.25. The minimum Gasteiger partial charge on any atom is -0.351 e. The zero-order valence-corrected chi connectivity index (χ0v) is 15.2. The summed E-state index contributed by atoms with van der Waals surface area (Å²) < 4.78 is 3.97. The minimum atomic E-state index is -0.137. The fourth-order valence-electron chi connectivity index (χ4n) is 3.05. The Hall–Kier alpha value is -2.34. The van der Waals surface area contributed by atoms with E-state index in [1.807, 2.05) is 30.3 Å². The van der Waals surface area contributed by atoms with Crippen LogP contribution in [0, 0.1) is 0 Å². The molecule has 0 saturated heterocycles. The number of carbonyl (C=O) groups is 2. The van der Waals surface area contributed by atoms with E-state index in [0.29, 0.717) is 25.0 Å². The van der Waals surface area contributed by atoms with E-state index in [9.17, 15) is 9.59 Å². The van der Waals surface area contributed by atoms with Crippen LogP contribution < -0.4 is 5.32 Å². The Morgan fingerprint density at radius 3 is 2.72 bits per heavy atom. The Bertz CT molecular complexity index is 809. The molecule has 0 radical (unpaired) electrons. The van der Waals surface area contributed by atoms with Gasteiger partial charge >= 0.3 is 0 Å². The predicted molar refractivity (Wildman–Crippen MR) is 98.1 cm³/mol. The first-order valence-corrected chi connectivity index (χ1v) is 9.22. The summed E-state index contributed by atoms with van der Waals surface area (Å²) >= 11 is 1.31. The molecule has 25 heavy (non-hydrogen) atoms. The Morgan fingerprint density at radius 1 is 1.24 bits per heavy atom. The van der Waals surface area contributed by atoms with E-state index in [1.54, 1.807) is 0 Å². The molecule has 5 nitrogen and oxygen atoms in total. The summed E-state index contributed by atoms with van der Waals surface area (Å²) in [5.74, 6) is 0.215. The maximum atomic E-state index is 12.4. The maximum absolute atomic E-state index is 12.4. The van der Waals surface area contributed by atoms with Crippen molar-refractivity contribution < 1.29 is 9.59 Å². The number of nitrogens with one attached hydrogen (secondary N) is 1. The van der Waals surface area contributed by atoms with Gasteiger partial charge in [-0.2, -0.15) is 0 Å². The molecule has 130 valence electrons. The van der Waals surface area contributed by atoms with E-state index in [0.717, 1.165) is 21.7 Å². The van der Waals surface area contributed by atoms with Crippen molar-refractivity contribution in [2.75, 3.05) is 0 Å². The standard InChI is InChI=1S/C19H21N3O2S/c1-12(2)19-17(25-22-21-19)11-20-18(24)10-15-14(8-9-16(15)23)13-6-4-3-5-7-13/h3-7,12H,8-11H2,1-2H3,(H,20,24). The quantitative estimate of drug-likeness (QED) is 0.861. The van der Waals surface area contributed by atoms with Gasteiger partial charge in [-0.3, -0.25) is 9.59 Å². The van der Waals surface area contributed by atoms with Crippen molar-refractivity contribution in [2.45, 2.75) is 45.6 Å². The van der Waals surface area contributed by atoms with Gasteiger partial charge in [-0.15, -0.1) is 5.10 Å². The number of allylic oxidation sites excluding steroid dienone is 1. The smallest absolute Gasteiger partial charge is 0.224 e. The molecule has 0 unspecified atom stereocenters. The van der Waals surface area contributed by atoms with Crippen LogP contribution in [0.3, 0.4) is 0 Å². The van der Waals surface area contributed by atoms with Crippen LogP contribution in [-0.4, -0.2) is 21.3 Å². The van der Waals surface area contributed by atoms with Gasteiger partial charge in [0.15, 0.2) is 5.78 Å². The van der Waals surface area contributed by atoms with E-state index in [2.05, 4.69) is 28.8 Å². The summed E-state index contributed by atoms with van der Waals surface area (Å²) in [4.78, 5) is 25.5. The van der Waals surface area contributed by atoms with Gasteiger partial charge in [0, 0.05) is 12.0 Å². The van der Waals surface area contributed by atoms with Crippen molar-refractivity contribution in [3.05, 3.63) is 52.0 Å². The zero-order chi connectivity index (χ0) is 17.8. The normalized spacial score (nSPS) is 14.4. The molecular formula is C19H21N3O2S. The van der Waals surface area contributed by atoms with Gasteiger partial charge in [-0.05, 0) is 35.0 Å². The van der Waals surface area contributed by atoms with E-state index < -0.39 is 0 Å². The third-order valence-electron chi connectivity index (χ3n) is 4.34. The highest BCUT2D eigenvalue weighted by molar-refractivity contribution is 7.05. The van der Waals surface area contributed by atoms with Crippen LogP contribution in [0.1, 0.15) is 55.2 Å². The van der Waals surface area contributed by atoms with E-state index >= 15 is 0 Å². The largest absolute Gasteiger partial charge is 0.351 e. The molecule has 0 fully saturated rings. The SMILES string of the molecule is CC(C)c1nnsc1CNC(=O)CC1=C(c2ccccc2)CCC1=O. The number of rotatable bonds is 6. The summed E-state index contributed by atoms with van der Waals surface area (Å²) in [6.45, 7) is 4.51. The molecule has 1 aromatic carbocycles. The van der Waals surface area contributed by atoms with Crippen molar-refractivity contribution in [1.82, 2.24) is 14.9 Å². The van der Waals surface area contributed by atoms with Gasteiger partial charge in [0.05, 0.1) is 23.5 Å². The Labute approximate surface area is 151 Å². The number of hydrogen-bond acceptors (Lipinski definition) is 5. The highest BCUT2D eigenvalue weighted by Crippen LogP contribution is 2.33. The average molecular weight is 355 g/mol. The third kappa shape index (κ3) is 4.02. The first-order valence-electron chi connectivity index (χ1n) is 8.44. The molecule has 6 heteroatoms. The van der Waals surface area contributed by atoms with E-state index in [1.165, 1.54) is 11.5 Å². The molecule has 1 aliphatic carbocycles. The summed E-state index contributed by atoms with van der Waals surface area (Å²) in [6, 6.07) is 9.83. The second kappa shape index (κ2) is 7.70. The Morgan fingerprint density at radius 2 is 2.00 bits per heavy atom. The summed E-state index contributed by atoms with van der Waals surface area (Å²) in [6.07, 6.45) is 1.33. The van der Waals surface area contributed by atoms with Crippen LogP contribution >= 0.6 is 11.5 Å². The lowest BCUT2D eigenvalue weighted by atomic mass is 10.00. The van der Waals surface area contributed by atoms with Crippen LogP contribution in [-0.2, 0) is 16.1 Å². The number of Topliss-reactive ketones (excluding diaryl/α,β-unsaturated/α-hetero) is 1. The van der Waals surface area contributed by atoms with Gasteiger partial charge in [0.2, 0.25) is 5.91 Å². The second-order valence-electron chi connectivity index (χ2n) is 6.44. The second-order valence-corrected chi connectivity index (χ2v) is 7.27. The number of nitrogens with zero attached hydrogens (tertiary/aromatic N) is 2. The van der Waals surface area contributed by atoms with Crippen LogP contribution in [0.25, 0.3) is 5.57 Å². The van der Waals surface area contributed by atoms with E-state index in [4.69, 9.17) is 0 Å². The Balaban J connectivity index is 1.69. The molecule has 0 aliphatic heterocycles. The van der Waals surface area contributed by atoms with Gasteiger partial charge in [0.1, 0.15) is 0 Å². The molecular weight excluding hydrogens is 334 g/mol. The van der Waals surface area contributed by atoms with Crippen molar-refractivity contribution in [1.29, 1.82) is 0 Å². The van der Waals surface area contributed by atoms with Gasteiger partial charge in [-0.25, -0.2) is 0 Å². The van der Waals surface area contributed by atoms with Crippen molar-refractivity contribution in [2.24, 2.45) is 0 Å². The fourth-order valence-corrected chi connectivity index (χ4v) is 3.78. The predicted octanol–water partition coefficient (Wildman–Crippen LogP) is 3.48. The molecule has 0 atom stereocenters. The minimum absolute atomic E-state index is 0.0799. The van der Waals surface area contributed by atoms with Gasteiger partial charge < -0.3 is 5.32 Å². The first kappa shape index (κ1) is 17.5. The third-order valence-corrected chi connectivity index (χ3v) is 5.08. The summed E-state index contributed by atoms with van der Waals surface area (Å²) in [7, 11) is 0. The lowest BCUT2D eigenvalue weighted by molar-refractivity contribution is -0.122. The van der Waals surface area contributed by atoms with Crippen LogP contribution in [0.15, 0.2) is 35.9 Å². The number of carbonyl (C=O) groups excluding carboxylic acids is 2. The fraction of sp³-hybridized carbons (Fsp3) is 0.368. The molecule has 1 aliphatic rings. The molecule has 0 bridgehead atoms. The average Bonchev–Trinajstić information content (AvgIpc) is 3.21. The number of hydrogen-bond donors (Lipinski definition) is 1. The van der Waals surface area contributed by atoms with Gasteiger partial charge in [-0.1, -0.05) is 48.7 Å². The summed E-state index contributed by atoms with van der Waals surface area (Å²) in [5, 5.41) is 7.02. The number of amides is 1. The topological polar surface area (TPSA) is 72.0 Å². The monoisotopic (exact) mass is 355 g/mol. The number of aromatic nitrogens is 2. The van der Waals surface area contributed by atoms with E-state index in [-0.39, 0.29) is 24.0 Å². The summed E-state index contributed by atoms with van der Waals surface area (Å²) in [5.41, 5.74) is 3.61. The van der Waals surface area contributed by atoms with Gasteiger partial charge in [0.25, 0.3) is 0 Å². The number of benzene rings is 1. The molecule has 1 heterocycles. The molecule has 1 aromatic heterocycles. The molecule has 3 rings (SSSR count). The van der Waals surface area contributed by atoms with Crippen molar-refractivity contribution >= 4 is 28.8 Å². The molecule has 2 aromatic rings. The van der Waals surface area contributed by atoms with Crippen LogP contribution in [0.5, 0.6) is 0 Å². The number of ketones is 1. The molecule has 1 amide bonds. The van der Waals surface area contributed by atoms with Crippen molar-refractivity contribution in [3.63, 3.8) is 0 Å². The van der Waals surface area contributed by atoms with Crippen molar-refractivity contribution in [3.8, 4) is 0 Å². The lowest BCUT2D eigenvalue weighted by Gasteiger charge is -2.09.